The smallest absolute Gasteiger partial charge is 0.155 e. The number of aliphatic hydroxyl groups is 2. The molecule has 4 rings (SSSR count). The van der Waals surface area contributed by atoms with Gasteiger partial charge in [0, 0.05) is 13.0 Å². The molecule has 0 aliphatic heterocycles. The largest absolute Gasteiger partial charge is 0.396 e. The van der Waals surface area contributed by atoms with E-state index in [1.54, 1.807) is 0 Å². The van der Waals surface area contributed by atoms with Gasteiger partial charge in [-0.25, -0.2) is 0 Å². The van der Waals surface area contributed by atoms with Crippen molar-refractivity contribution in [3.8, 4) is 0 Å². The van der Waals surface area contributed by atoms with E-state index in [4.69, 9.17) is 5.11 Å². The summed E-state index contributed by atoms with van der Waals surface area (Å²) < 4.78 is 0. The fourth-order valence-corrected chi connectivity index (χ4v) is 7.99. The summed E-state index contributed by atoms with van der Waals surface area (Å²) in [6.45, 7) is 7.32. The van der Waals surface area contributed by atoms with Crippen molar-refractivity contribution in [2.45, 2.75) is 90.6 Å². The lowest BCUT2D eigenvalue weighted by Gasteiger charge is -2.60. The summed E-state index contributed by atoms with van der Waals surface area (Å²) in [5.41, 5.74) is 1.07. The van der Waals surface area contributed by atoms with Crippen LogP contribution in [0.4, 0.5) is 0 Å². The molecular weight excluding hydrogens is 336 g/mol. The van der Waals surface area contributed by atoms with Crippen LogP contribution in [0.25, 0.3) is 0 Å². The summed E-state index contributed by atoms with van der Waals surface area (Å²) in [6, 6.07) is 0. The number of fused-ring (bicyclic) bond motifs is 5. The summed E-state index contributed by atoms with van der Waals surface area (Å²) in [7, 11) is 0. The number of ketones is 1. The number of rotatable bonds is 4. The fraction of sp³-hybridized carbons (Fsp3) is 0.875. The first kappa shape index (κ1) is 19.6. The van der Waals surface area contributed by atoms with E-state index in [9.17, 15) is 9.90 Å². The SMILES string of the molecule is C[C@H]1CC(=O)C=C2CC[C@@H]3[C@H](CC[C@@]4(C)[C@H]3CC[C@@]4(O)CCCCO)[C@]21C. The van der Waals surface area contributed by atoms with Crippen molar-refractivity contribution in [2.75, 3.05) is 6.61 Å². The van der Waals surface area contributed by atoms with Crippen LogP contribution in [0.15, 0.2) is 11.6 Å². The lowest BCUT2D eigenvalue weighted by molar-refractivity contribution is -0.138. The molecule has 152 valence electrons. The van der Waals surface area contributed by atoms with Gasteiger partial charge in [0.15, 0.2) is 5.78 Å². The van der Waals surface area contributed by atoms with Crippen LogP contribution in [0.5, 0.6) is 0 Å². The summed E-state index contributed by atoms with van der Waals surface area (Å²) in [5, 5.41) is 20.8. The number of aliphatic hydroxyl groups excluding tert-OH is 1. The molecule has 0 unspecified atom stereocenters. The highest BCUT2D eigenvalue weighted by atomic mass is 16.3. The second-order valence-electron chi connectivity index (χ2n) is 10.6. The Labute approximate surface area is 164 Å². The minimum absolute atomic E-state index is 0.0227. The van der Waals surface area contributed by atoms with Crippen molar-refractivity contribution < 1.29 is 15.0 Å². The summed E-state index contributed by atoms with van der Waals surface area (Å²) in [6.07, 6.45) is 11.9. The second kappa shape index (κ2) is 6.69. The van der Waals surface area contributed by atoms with Crippen LogP contribution in [0.3, 0.4) is 0 Å². The van der Waals surface area contributed by atoms with E-state index in [0.29, 0.717) is 35.9 Å². The van der Waals surface area contributed by atoms with Gasteiger partial charge >= 0.3 is 0 Å². The first-order chi connectivity index (χ1) is 12.8. The van der Waals surface area contributed by atoms with E-state index in [-0.39, 0.29) is 17.4 Å². The number of hydrogen-bond acceptors (Lipinski definition) is 3. The molecule has 0 spiro atoms. The topological polar surface area (TPSA) is 57.5 Å². The third-order valence-electron chi connectivity index (χ3n) is 9.83. The van der Waals surface area contributed by atoms with Crippen molar-refractivity contribution >= 4 is 5.78 Å². The van der Waals surface area contributed by atoms with Crippen LogP contribution in [0.2, 0.25) is 0 Å². The molecule has 0 aromatic heterocycles. The Bertz CT molecular complexity index is 640. The molecule has 3 nitrogen and oxygen atoms in total. The third-order valence-corrected chi connectivity index (χ3v) is 9.83. The Kier molecular flexibility index (Phi) is 4.87. The quantitative estimate of drug-likeness (QED) is 0.704. The lowest BCUT2D eigenvalue weighted by atomic mass is 9.44. The molecule has 3 heteroatoms. The van der Waals surface area contributed by atoms with Gasteiger partial charge < -0.3 is 10.2 Å². The molecule has 0 heterocycles. The Morgan fingerprint density at radius 2 is 1.85 bits per heavy atom. The predicted octanol–water partition coefficient (Wildman–Crippen LogP) is 4.66. The molecule has 0 aromatic carbocycles. The molecule has 0 radical (unpaired) electrons. The maximum Gasteiger partial charge on any atom is 0.155 e. The molecule has 0 aromatic rings. The van der Waals surface area contributed by atoms with Crippen LogP contribution >= 0.6 is 0 Å². The zero-order chi connectivity index (χ0) is 19.4. The van der Waals surface area contributed by atoms with Crippen molar-refractivity contribution in [1.29, 1.82) is 0 Å². The monoisotopic (exact) mass is 374 g/mol. The van der Waals surface area contributed by atoms with Gasteiger partial charge in [-0.05, 0) is 98.4 Å². The highest BCUT2D eigenvalue weighted by Gasteiger charge is 2.64. The first-order valence-electron chi connectivity index (χ1n) is 11.3. The van der Waals surface area contributed by atoms with Crippen molar-refractivity contribution in [2.24, 2.45) is 34.5 Å². The van der Waals surface area contributed by atoms with Gasteiger partial charge in [0.25, 0.3) is 0 Å². The number of hydrogen-bond donors (Lipinski definition) is 2. The Morgan fingerprint density at radius 1 is 1.11 bits per heavy atom. The average Bonchev–Trinajstić information content (AvgIpc) is 2.88. The highest BCUT2D eigenvalue weighted by molar-refractivity contribution is 5.92. The van der Waals surface area contributed by atoms with E-state index < -0.39 is 5.60 Å². The minimum Gasteiger partial charge on any atom is -0.396 e. The molecule has 7 atom stereocenters. The maximum atomic E-state index is 12.1. The van der Waals surface area contributed by atoms with Crippen LogP contribution in [-0.2, 0) is 4.79 Å². The molecular formula is C24H38O3. The molecule has 0 amide bonds. The van der Waals surface area contributed by atoms with Gasteiger partial charge in [0.1, 0.15) is 0 Å². The van der Waals surface area contributed by atoms with Gasteiger partial charge in [0.05, 0.1) is 5.60 Å². The number of allylic oxidation sites excluding steroid dienone is 1. The lowest BCUT2D eigenvalue weighted by Crippen LogP contribution is -2.56. The predicted molar refractivity (Wildman–Crippen MR) is 107 cm³/mol. The average molecular weight is 375 g/mol. The van der Waals surface area contributed by atoms with Crippen LogP contribution in [0.1, 0.15) is 85.0 Å². The molecule has 0 saturated heterocycles. The number of carbonyl (C=O) groups is 1. The standard InChI is InChI=1S/C24H38O3/c1-16-14-18(26)15-17-6-7-19-20-9-12-24(27,10-4-5-13-25)22(20,2)11-8-21(19)23(16,17)3/h15-16,19-21,25,27H,4-14H2,1-3H3/t16-,19-,20-,21-,22-,23-,24-/m0/s1. The molecule has 4 aliphatic rings. The molecule has 3 fully saturated rings. The van der Waals surface area contributed by atoms with Crippen molar-refractivity contribution in [3.63, 3.8) is 0 Å². The molecule has 27 heavy (non-hydrogen) atoms. The van der Waals surface area contributed by atoms with Crippen LogP contribution in [0, 0.1) is 34.5 Å². The minimum atomic E-state index is -0.553. The van der Waals surface area contributed by atoms with E-state index in [1.165, 1.54) is 18.4 Å². The molecule has 0 bridgehead atoms. The summed E-state index contributed by atoms with van der Waals surface area (Å²) in [4.78, 5) is 12.1. The second-order valence-corrected chi connectivity index (χ2v) is 10.6. The molecule has 4 aliphatic carbocycles. The van der Waals surface area contributed by atoms with Gasteiger partial charge in [0.2, 0.25) is 0 Å². The first-order valence-corrected chi connectivity index (χ1v) is 11.3. The van der Waals surface area contributed by atoms with Gasteiger partial charge in [-0.3, -0.25) is 4.79 Å². The van der Waals surface area contributed by atoms with Crippen LogP contribution < -0.4 is 0 Å². The fourth-order valence-electron chi connectivity index (χ4n) is 7.99. The molecule has 2 N–H and O–H groups in total. The van der Waals surface area contributed by atoms with Crippen molar-refractivity contribution in [1.82, 2.24) is 0 Å². The normalized spacial score (nSPS) is 49.2. The summed E-state index contributed by atoms with van der Waals surface area (Å²) >= 11 is 0. The van der Waals surface area contributed by atoms with E-state index in [1.807, 2.05) is 6.08 Å². The zero-order valence-electron chi connectivity index (χ0n) is 17.5. The highest BCUT2D eigenvalue weighted by Crippen LogP contribution is 2.68. The van der Waals surface area contributed by atoms with Gasteiger partial charge in [-0.15, -0.1) is 0 Å². The Balaban J connectivity index is 1.61. The summed E-state index contributed by atoms with van der Waals surface area (Å²) in [5.74, 6) is 2.73. The third kappa shape index (κ3) is 2.71. The number of carbonyl (C=O) groups excluding carboxylic acids is 1. The Hall–Kier alpha value is -0.670. The van der Waals surface area contributed by atoms with Gasteiger partial charge in [-0.2, -0.15) is 0 Å². The maximum absolute atomic E-state index is 12.1. The zero-order valence-corrected chi connectivity index (χ0v) is 17.5. The Morgan fingerprint density at radius 3 is 2.59 bits per heavy atom. The van der Waals surface area contributed by atoms with E-state index in [2.05, 4.69) is 20.8 Å². The molecule has 3 saturated carbocycles. The van der Waals surface area contributed by atoms with Crippen LogP contribution in [-0.4, -0.2) is 28.2 Å². The van der Waals surface area contributed by atoms with Crippen molar-refractivity contribution in [3.05, 3.63) is 11.6 Å². The number of unbranched alkanes of at least 4 members (excludes halogenated alkanes) is 1. The van der Waals surface area contributed by atoms with Gasteiger partial charge in [-0.1, -0.05) is 26.3 Å². The van der Waals surface area contributed by atoms with E-state index in [0.717, 1.165) is 44.9 Å². The van der Waals surface area contributed by atoms with E-state index >= 15 is 0 Å².